The van der Waals surface area contributed by atoms with Crippen LogP contribution < -0.4 is 10.0 Å². The number of rotatable bonds is 5. The molecular weight excluding hydrogens is 262 g/mol. The van der Waals surface area contributed by atoms with Crippen LogP contribution in [0.2, 0.25) is 0 Å². The van der Waals surface area contributed by atoms with Gasteiger partial charge >= 0.3 is 10.2 Å². The second kappa shape index (κ2) is 5.90. The zero-order valence-corrected chi connectivity index (χ0v) is 12.1. The molecule has 1 heterocycles. The van der Waals surface area contributed by atoms with Crippen LogP contribution in [0.25, 0.3) is 0 Å². The summed E-state index contributed by atoms with van der Waals surface area (Å²) in [5, 5.41) is 0. The molecule has 1 fully saturated rings. The Labute approximate surface area is 115 Å². The van der Waals surface area contributed by atoms with E-state index in [9.17, 15) is 8.42 Å². The van der Waals surface area contributed by atoms with Crippen LogP contribution in [0.4, 0.5) is 5.69 Å². The van der Waals surface area contributed by atoms with E-state index in [-0.39, 0.29) is 0 Å². The molecule has 106 valence electrons. The first kappa shape index (κ1) is 14.3. The molecule has 1 aromatic carbocycles. The van der Waals surface area contributed by atoms with Gasteiger partial charge in [-0.05, 0) is 37.5 Å². The highest BCUT2D eigenvalue weighted by molar-refractivity contribution is 7.90. The van der Waals surface area contributed by atoms with Crippen molar-refractivity contribution in [3.63, 3.8) is 0 Å². The molecule has 6 heteroatoms. The van der Waals surface area contributed by atoms with E-state index in [2.05, 4.69) is 0 Å². The standard InChI is InChI=1S/C13H21N3O2S/c1-2-16(13-7-5-12(11-14)6-8-13)19(17,18)15-9-3-4-10-15/h5-8H,2-4,9-11,14H2,1H3. The second-order valence-electron chi connectivity index (χ2n) is 4.65. The Kier molecular flexibility index (Phi) is 4.44. The van der Waals surface area contributed by atoms with Gasteiger partial charge in [-0.1, -0.05) is 12.1 Å². The van der Waals surface area contributed by atoms with Crippen LogP contribution in [0, 0.1) is 0 Å². The van der Waals surface area contributed by atoms with Crippen LogP contribution in [0.5, 0.6) is 0 Å². The summed E-state index contributed by atoms with van der Waals surface area (Å²) in [5.74, 6) is 0. The smallest absolute Gasteiger partial charge is 0.304 e. The zero-order chi connectivity index (χ0) is 13.9. The maximum absolute atomic E-state index is 12.5. The molecule has 2 rings (SSSR count). The summed E-state index contributed by atoms with van der Waals surface area (Å²) in [4.78, 5) is 0. The Morgan fingerprint density at radius 1 is 1.21 bits per heavy atom. The van der Waals surface area contributed by atoms with Crippen molar-refractivity contribution in [3.05, 3.63) is 29.8 Å². The SMILES string of the molecule is CCN(c1ccc(CN)cc1)S(=O)(=O)N1CCCC1. The Hall–Kier alpha value is -1.11. The average molecular weight is 283 g/mol. The predicted molar refractivity (Wildman–Crippen MR) is 77.1 cm³/mol. The molecule has 0 atom stereocenters. The highest BCUT2D eigenvalue weighted by atomic mass is 32.2. The number of nitrogens with two attached hydrogens (primary N) is 1. The van der Waals surface area contributed by atoms with Gasteiger partial charge in [-0.2, -0.15) is 12.7 Å². The van der Waals surface area contributed by atoms with Crippen molar-refractivity contribution in [1.29, 1.82) is 0 Å². The number of nitrogens with zero attached hydrogens (tertiary/aromatic N) is 2. The van der Waals surface area contributed by atoms with E-state index in [0.717, 1.165) is 18.4 Å². The molecule has 0 aliphatic carbocycles. The Morgan fingerprint density at radius 2 is 1.79 bits per heavy atom. The first-order chi connectivity index (χ1) is 9.09. The van der Waals surface area contributed by atoms with Gasteiger partial charge in [0.05, 0.1) is 5.69 Å². The highest BCUT2D eigenvalue weighted by Gasteiger charge is 2.30. The molecule has 0 aromatic heterocycles. The van der Waals surface area contributed by atoms with Gasteiger partial charge in [0.1, 0.15) is 0 Å². The monoisotopic (exact) mass is 283 g/mol. The normalized spacial score (nSPS) is 16.7. The van der Waals surface area contributed by atoms with Gasteiger partial charge in [0.15, 0.2) is 0 Å². The summed E-state index contributed by atoms with van der Waals surface area (Å²) in [6, 6.07) is 7.38. The van der Waals surface area contributed by atoms with Crippen molar-refractivity contribution in [2.24, 2.45) is 5.73 Å². The van der Waals surface area contributed by atoms with E-state index in [4.69, 9.17) is 5.73 Å². The first-order valence-electron chi connectivity index (χ1n) is 6.66. The largest absolute Gasteiger partial charge is 0.326 e. The third-order valence-electron chi connectivity index (χ3n) is 3.42. The average Bonchev–Trinajstić information content (AvgIpc) is 2.95. The summed E-state index contributed by atoms with van der Waals surface area (Å²) in [7, 11) is -3.39. The molecule has 1 aliphatic rings. The lowest BCUT2D eigenvalue weighted by molar-refractivity contribution is 0.474. The van der Waals surface area contributed by atoms with Crippen LogP contribution in [-0.4, -0.2) is 32.4 Å². The maximum Gasteiger partial charge on any atom is 0.304 e. The molecule has 0 amide bonds. The molecule has 0 saturated carbocycles. The fourth-order valence-corrected chi connectivity index (χ4v) is 4.05. The zero-order valence-electron chi connectivity index (χ0n) is 11.2. The Balaban J connectivity index is 2.27. The van der Waals surface area contributed by atoms with Crippen LogP contribution in [-0.2, 0) is 16.8 Å². The molecule has 2 N–H and O–H groups in total. The fraction of sp³-hybridized carbons (Fsp3) is 0.538. The predicted octanol–water partition coefficient (Wildman–Crippen LogP) is 1.31. The van der Waals surface area contributed by atoms with Gasteiger partial charge in [0.2, 0.25) is 0 Å². The van der Waals surface area contributed by atoms with E-state index in [0.29, 0.717) is 31.9 Å². The summed E-state index contributed by atoms with van der Waals surface area (Å²) in [6.07, 6.45) is 1.89. The van der Waals surface area contributed by atoms with Gasteiger partial charge in [0, 0.05) is 26.2 Å². The molecule has 19 heavy (non-hydrogen) atoms. The topological polar surface area (TPSA) is 66.6 Å². The number of anilines is 1. The molecule has 0 unspecified atom stereocenters. The minimum absolute atomic E-state index is 0.431. The van der Waals surface area contributed by atoms with Gasteiger partial charge in [0.25, 0.3) is 0 Å². The van der Waals surface area contributed by atoms with Crippen molar-refractivity contribution >= 4 is 15.9 Å². The van der Waals surface area contributed by atoms with Gasteiger partial charge < -0.3 is 5.73 Å². The molecule has 1 aromatic rings. The van der Waals surface area contributed by atoms with Crippen molar-refractivity contribution in [1.82, 2.24) is 4.31 Å². The Bertz CT molecular complexity index is 507. The lowest BCUT2D eigenvalue weighted by atomic mass is 10.2. The van der Waals surface area contributed by atoms with Crippen LogP contribution in [0.15, 0.2) is 24.3 Å². The minimum atomic E-state index is -3.39. The number of hydrogen-bond donors (Lipinski definition) is 1. The van der Waals surface area contributed by atoms with Gasteiger partial charge in [-0.3, -0.25) is 4.31 Å². The molecule has 0 radical (unpaired) electrons. The van der Waals surface area contributed by atoms with Crippen LogP contribution >= 0.6 is 0 Å². The Morgan fingerprint density at radius 3 is 2.26 bits per heavy atom. The molecule has 5 nitrogen and oxygen atoms in total. The molecule has 0 bridgehead atoms. The third-order valence-corrected chi connectivity index (χ3v) is 5.46. The van der Waals surface area contributed by atoms with Crippen molar-refractivity contribution in [3.8, 4) is 0 Å². The van der Waals surface area contributed by atoms with E-state index >= 15 is 0 Å². The lowest BCUT2D eigenvalue weighted by Crippen LogP contribution is -2.42. The summed E-state index contributed by atoms with van der Waals surface area (Å²) >= 11 is 0. The van der Waals surface area contributed by atoms with Crippen molar-refractivity contribution in [2.75, 3.05) is 23.9 Å². The van der Waals surface area contributed by atoms with E-state index in [1.807, 2.05) is 31.2 Å². The fourth-order valence-electron chi connectivity index (χ4n) is 2.34. The maximum atomic E-state index is 12.5. The van der Waals surface area contributed by atoms with E-state index in [1.54, 1.807) is 4.31 Å². The van der Waals surface area contributed by atoms with Gasteiger partial charge in [-0.25, -0.2) is 0 Å². The molecular formula is C13H21N3O2S. The van der Waals surface area contributed by atoms with Gasteiger partial charge in [-0.15, -0.1) is 0 Å². The molecule has 0 spiro atoms. The second-order valence-corrected chi connectivity index (χ2v) is 6.50. The minimum Gasteiger partial charge on any atom is -0.326 e. The highest BCUT2D eigenvalue weighted by Crippen LogP contribution is 2.23. The molecule has 1 saturated heterocycles. The number of hydrogen-bond acceptors (Lipinski definition) is 3. The van der Waals surface area contributed by atoms with Crippen molar-refractivity contribution in [2.45, 2.75) is 26.3 Å². The van der Waals surface area contributed by atoms with Crippen LogP contribution in [0.3, 0.4) is 0 Å². The van der Waals surface area contributed by atoms with Crippen molar-refractivity contribution < 1.29 is 8.42 Å². The first-order valence-corrected chi connectivity index (χ1v) is 8.06. The van der Waals surface area contributed by atoms with Crippen LogP contribution in [0.1, 0.15) is 25.3 Å². The third kappa shape index (κ3) is 2.91. The van der Waals surface area contributed by atoms with E-state index in [1.165, 1.54) is 4.31 Å². The van der Waals surface area contributed by atoms with E-state index < -0.39 is 10.2 Å². The lowest BCUT2D eigenvalue weighted by Gasteiger charge is -2.28. The summed E-state index contributed by atoms with van der Waals surface area (Å²) in [5.41, 5.74) is 7.25. The molecule has 1 aliphatic heterocycles. The summed E-state index contributed by atoms with van der Waals surface area (Å²) in [6.45, 7) is 4.00. The number of benzene rings is 1. The summed E-state index contributed by atoms with van der Waals surface area (Å²) < 4.78 is 28.1. The quantitative estimate of drug-likeness (QED) is 0.886.